The Labute approximate surface area is 216 Å². The maximum atomic E-state index is 13.7. The van der Waals surface area contributed by atoms with E-state index in [0.717, 1.165) is 17.5 Å². The maximum absolute atomic E-state index is 13.7. The van der Waals surface area contributed by atoms with Crippen molar-refractivity contribution >= 4 is 38.9 Å². The maximum Gasteiger partial charge on any atom is 0.238 e. The SMILES string of the molecule is COCCCN(CC(=O)N1CCc2sccc2C1c1ccc(Cl)cc1)S(=O)(=O)Cc1ccccc1. The van der Waals surface area contributed by atoms with Crippen molar-refractivity contribution in [2.45, 2.75) is 24.6 Å². The molecule has 0 saturated heterocycles. The van der Waals surface area contributed by atoms with E-state index in [1.807, 2.05) is 47.8 Å². The van der Waals surface area contributed by atoms with E-state index >= 15 is 0 Å². The predicted molar refractivity (Wildman–Crippen MR) is 140 cm³/mol. The number of fused-ring (bicyclic) bond motifs is 1. The van der Waals surface area contributed by atoms with Crippen molar-refractivity contribution in [3.05, 3.63) is 92.6 Å². The first-order valence-electron chi connectivity index (χ1n) is 11.5. The molecule has 0 saturated carbocycles. The number of carbonyl (C=O) groups excluding carboxylic acids is 1. The Morgan fingerprint density at radius 3 is 2.60 bits per heavy atom. The van der Waals surface area contributed by atoms with Gasteiger partial charge in [0.25, 0.3) is 0 Å². The Balaban J connectivity index is 1.59. The minimum absolute atomic E-state index is 0.149. The van der Waals surface area contributed by atoms with Gasteiger partial charge in [-0.1, -0.05) is 54.1 Å². The molecule has 1 aliphatic rings. The van der Waals surface area contributed by atoms with Gasteiger partial charge in [0.05, 0.1) is 18.3 Å². The van der Waals surface area contributed by atoms with E-state index in [1.165, 1.54) is 9.18 Å². The summed E-state index contributed by atoms with van der Waals surface area (Å²) in [6.07, 6.45) is 1.26. The molecule has 3 aromatic rings. The second kappa shape index (κ2) is 11.7. The molecule has 0 spiro atoms. The van der Waals surface area contributed by atoms with E-state index in [9.17, 15) is 13.2 Å². The lowest BCUT2D eigenvalue weighted by Crippen LogP contribution is -2.47. The number of nitrogens with zero attached hydrogens (tertiary/aromatic N) is 2. The Morgan fingerprint density at radius 1 is 1.14 bits per heavy atom. The molecule has 9 heteroatoms. The average molecular weight is 533 g/mol. The highest BCUT2D eigenvalue weighted by atomic mass is 35.5. The molecule has 1 aromatic heterocycles. The highest BCUT2D eigenvalue weighted by molar-refractivity contribution is 7.88. The van der Waals surface area contributed by atoms with Crippen LogP contribution in [0.15, 0.2) is 66.0 Å². The number of sulfonamides is 1. The summed E-state index contributed by atoms with van der Waals surface area (Å²) in [4.78, 5) is 16.7. The van der Waals surface area contributed by atoms with Crippen LogP contribution < -0.4 is 0 Å². The van der Waals surface area contributed by atoms with Crippen LogP contribution in [0, 0.1) is 0 Å². The van der Waals surface area contributed by atoms with Crippen molar-refractivity contribution in [2.24, 2.45) is 0 Å². The van der Waals surface area contributed by atoms with Crippen LogP contribution in [0.3, 0.4) is 0 Å². The number of hydrogen-bond acceptors (Lipinski definition) is 5. The quantitative estimate of drug-likeness (QED) is 0.354. The number of rotatable bonds is 10. The van der Waals surface area contributed by atoms with E-state index in [1.54, 1.807) is 35.5 Å². The van der Waals surface area contributed by atoms with Gasteiger partial charge in [-0.3, -0.25) is 4.79 Å². The number of halogens is 1. The number of benzene rings is 2. The van der Waals surface area contributed by atoms with E-state index < -0.39 is 10.0 Å². The molecule has 0 aliphatic carbocycles. The summed E-state index contributed by atoms with van der Waals surface area (Å²) in [5.74, 6) is -0.362. The fourth-order valence-corrected chi connectivity index (χ4v) is 6.95. The van der Waals surface area contributed by atoms with Gasteiger partial charge in [0.1, 0.15) is 0 Å². The molecule has 0 bridgehead atoms. The Morgan fingerprint density at radius 2 is 1.89 bits per heavy atom. The molecular weight excluding hydrogens is 504 g/mol. The molecule has 2 heterocycles. The summed E-state index contributed by atoms with van der Waals surface area (Å²) in [5, 5.41) is 2.67. The van der Waals surface area contributed by atoms with E-state index in [0.29, 0.717) is 30.2 Å². The summed E-state index contributed by atoms with van der Waals surface area (Å²) in [6, 6.07) is 18.3. The number of methoxy groups -OCH3 is 1. The summed E-state index contributed by atoms with van der Waals surface area (Å²) < 4.78 is 33.2. The standard InChI is InChI=1S/C26H29ClN2O4S2/c1-33-16-5-14-28(35(31,32)19-20-6-3-2-4-7-20)18-25(30)29-15-12-24-23(13-17-34-24)26(29)21-8-10-22(27)11-9-21/h2-4,6-11,13,17,26H,5,12,14-16,18-19H2,1H3. The van der Waals surface area contributed by atoms with Crippen molar-refractivity contribution < 1.29 is 17.9 Å². The van der Waals surface area contributed by atoms with Crippen LogP contribution in [0.1, 0.15) is 34.0 Å². The normalized spacial score (nSPS) is 15.9. The van der Waals surface area contributed by atoms with Crippen molar-refractivity contribution in [3.63, 3.8) is 0 Å². The molecule has 186 valence electrons. The molecule has 1 atom stereocenters. The molecule has 1 amide bonds. The van der Waals surface area contributed by atoms with Gasteiger partial charge in [-0.25, -0.2) is 8.42 Å². The average Bonchev–Trinajstić information content (AvgIpc) is 3.33. The minimum Gasteiger partial charge on any atom is -0.385 e. The van der Waals surface area contributed by atoms with E-state index in [-0.39, 0.29) is 30.8 Å². The lowest BCUT2D eigenvalue weighted by Gasteiger charge is -2.37. The van der Waals surface area contributed by atoms with Crippen LogP contribution >= 0.6 is 22.9 Å². The fourth-order valence-electron chi connectivity index (χ4n) is 4.41. The smallest absolute Gasteiger partial charge is 0.238 e. The molecule has 1 unspecified atom stereocenters. The lowest BCUT2D eigenvalue weighted by molar-refractivity contribution is -0.133. The molecule has 35 heavy (non-hydrogen) atoms. The summed E-state index contributed by atoms with van der Waals surface area (Å²) >= 11 is 7.80. The Hall–Kier alpha value is -2.23. The molecule has 2 aromatic carbocycles. The topological polar surface area (TPSA) is 66.9 Å². The number of amides is 1. The molecule has 6 nitrogen and oxygen atoms in total. The monoisotopic (exact) mass is 532 g/mol. The first-order valence-corrected chi connectivity index (χ1v) is 14.4. The number of ether oxygens (including phenoxy) is 1. The van der Waals surface area contributed by atoms with Crippen LogP contribution in [0.25, 0.3) is 0 Å². The predicted octanol–water partition coefficient (Wildman–Crippen LogP) is 4.74. The third kappa shape index (κ3) is 6.32. The molecular formula is C26H29ClN2O4S2. The fraction of sp³-hybridized carbons (Fsp3) is 0.346. The molecule has 0 fully saturated rings. The lowest BCUT2D eigenvalue weighted by atomic mass is 9.93. The minimum atomic E-state index is -3.71. The van der Waals surface area contributed by atoms with Gasteiger partial charge in [-0.15, -0.1) is 11.3 Å². The van der Waals surface area contributed by atoms with Gasteiger partial charge in [0, 0.05) is 36.7 Å². The van der Waals surface area contributed by atoms with Crippen LogP contribution in [0.5, 0.6) is 0 Å². The second-order valence-corrected chi connectivity index (χ2v) is 11.9. The van der Waals surface area contributed by atoms with Crippen molar-refractivity contribution in [1.82, 2.24) is 9.21 Å². The summed E-state index contributed by atoms with van der Waals surface area (Å²) in [6.45, 7) is 0.964. The number of thiophene rings is 1. The number of carbonyl (C=O) groups is 1. The van der Waals surface area contributed by atoms with Gasteiger partial charge < -0.3 is 9.64 Å². The zero-order valence-electron chi connectivity index (χ0n) is 19.6. The molecule has 0 N–H and O–H groups in total. The van der Waals surface area contributed by atoms with Crippen molar-refractivity contribution in [2.75, 3.05) is 33.4 Å². The highest BCUT2D eigenvalue weighted by Crippen LogP contribution is 2.38. The number of hydrogen-bond donors (Lipinski definition) is 0. The van der Waals surface area contributed by atoms with Gasteiger partial charge in [-0.05, 0) is 53.1 Å². The van der Waals surface area contributed by atoms with Crippen molar-refractivity contribution in [1.29, 1.82) is 0 Å². The van der Waals surface area contributed by atoms with Gasteiger partial charge >= 0.3 is 0 Å². The van der Waals surface area contributed by atoms with E-state index in [4.69, 9.17) is 16.3 Å². The Kier molecular flexibility index (Phi) is 8.62. The van der Waals surface area contributed by atoms with Crippen LogP contribution in [0.4, 0.5) is 0 Å². The Bertz CT molecular complexity index is 1230. The molecule has 4 rings (SSSR count). The van der Waals surface area contributed by atoms with Gasteiger partial charge in [0.15, 0.2) is 0 Å². The second-order valence-electron chi connectivity index (χ2n) is 8.51. The zero-order chi connectivity index (χ0) is 24.8. The largest absolute Gasteiger partial charge is 0.385 e. The highest BCUT2D eigenvalue weighted by Gasteiger charge is 2.35. The van der Waals surface area contributed by atoms with Crippen LogP contribution in [0.2, 0.25) is 5.02 Å². The van der Waals surface area contributed by atoms with E-state index in [2.05, 4.69) is 6.07 Å². The molecule has 1 aliphatic heterocycles. The summed E-state index contributed by atoms with van der Waals surface area (Å²) in [5.41, 5.74) is 2.74. The van der Waals surface area contributed by atoms with Crippen molar-refractivity contribution in [3.8, 4) is 0 Å². The third-order valence-corrected chi connectivity index (χ3v) is 9.17. The van der Waals surface area contributed by atoms with Crippen LogP contribution in [-0.4, -0.2) is 56.9 Å². The van der Waals surface area contributed by atoms with Crippen LogP contribution in [-0.2, 0) is 31.7 Å². The molecule has 0 radical (unpaired) electrons. The first kappa shape index (κ1) is 25.9. The first-order chi connectivity index (χ1) is 16.9. The van der Waals surface area contributed by atoms with Gasteiger partial charge in [-0.2, -0.15) is 4.31 Å². The van der Waals surface area contributed by atoms with Gasteiger partial charge in [0.2, 0.25) is 15.9 Å². The third-order valence-electron chi connectivity index (χ3n) is 6.12. The zero-order valence-corrected chi connectivity index (χ0v) is 22.0. The summed E-state index contributed by atoms with van der Waals surface area (Å²) in [7, 11) is -2.13.